The van der Waals surface area contributed by atoms with Gasteiger partial charge in [-0.3, -0.25) is 9.59 Å². The Hall–Kier alpha value is -4.75. The third kappa shape index (κ3) is 10.6. The van der Waals surface area contributed by atoms with Gasteiger partial charge in [-0.05, 0) is 60.4 Å². The number of aliphatic hydroxyl groups excluding tert-OH is 1. The Morgan fingerprint density at radius 1 is 0.840 bits per heavy atom. The first-order chi connectivity index (χ1) is 24.3. The number of benzene rings is 3. The van der Waals surface area contributed by atoms with Crippen LogP contribution in [0, 0.1) is 0 Å². The molecule has 0 unspecified atom stereocenters. The van der Waals surface area contributed by atoms with Gasteiger partial charge in [0.1, 0.15) is 5.03 Å². The minimum Gasteiger partial charge on any atom is -0.478 e. The van der Waals surface area contributed by atoms with E-state index in [9.17, 15) is 24.6 Å². The molecule has 1 aliphatic heterocycles. The van der Waals surface area contributed by atoms with Crippen LogP contribution in [-0.4, -0.2) is 44.8 Å². The molecule has 262 valence electrons. The van der Waals surface area contributed by atoms with E-state index in [1.54, 1.807) is 24.4 Å². The minimum atomic E-state index is -1.04. The summed E-state index contributed by atoms with van der Waals surface area (Å²) in [6.07, 6.45) is 4.54. The number of nitrogens with two attached hydrogens (primary N) is 1. The number of carbonyl (C=O) groups is 3. The number of nitrogens with one attached hydrogen (secondary N) is 2. The highest BCUT2D eigenvalue weighted by atomic mass is 32.2. The van der Waals surface area contributed by atoms with Crippen LogP contribution in [0.1, 0.15) is 84.4 Å². The predicted octanol–water partition coefficient (Wildman–Crippen LogP) is 7.11. The number of pyridine rings is 1. The zero-order valence-electron chi connectivity index (χ0n) is 27.6. The number of carboxylic acids is 1. The third-order valence-electron chi connectivity index (χ3n) is 8.26. The molecule has 50 heavy (non-hydrogen) atoms. The number of ether oxygens (including phenoxy) is 2. The number of hydrogen-bond donors (Lipinski definition) is 5. The molecule has 3 atom stereocenters. The van der Waals surface area contributed by atoms with Crippen LogP contribution in [0.4, 0.5) is 17.1 Å². The summed E-state index contributed by atoms with van der Waals surface area (Å²) in [4.78, 5) is 41.0. The van der Waals surface area contributed by atoms with Gasteiger partial charge in [0.2, 0.25) is 11.8 Å². The monoisotopic (exact) mass is 698 g/mol. The highest BCUT2D eigenvalue weighted by Gasteiger charge is 2.33. The molecule has 3 aromatic carbocycles. The molecule has 1 aromatic heterocycles. The molecule has 5 rings (SSSR count). The zero-order chi connectivity index (χ0) is 35.3. The summed E-state index contributed by atoms with van der Waals surface area (Å²) in [6.45, 7) is -0.0600. The first kappa shape index (κ1) is 36.5. The van der Waals surface area contributed by atoms with Crippen molar-refractivity contribution in [1.29, 1.82) is 0 Å². The molecule has 2 amide bonds. The number of carbonyl (C=O) groups excluding carboxylic acids is 2. The molecule has 6 N–H and O–H groups in total. The van der Waals surface area contributed by atoms with Gasteiger partial charge in [0.25, 0.3) is 0 Å². The Kier molecular flexibility index (Phi) is 13.4. The second-order valence-corrected chi connectivity index (χ2v) is 13.1. The summed E-state index contributed by atoms with van der Waals surface area (Å²) in [5.74, 6) is -0.777. The average Bonchev–Trinajstić information content (AvgIpc) is 3.13. The van der Waals surface area contributed by atoms with E-state index < -0.39 is 12.3 Å². The first-order valence-electron chi connectivity index (χ1n) is 16.6. The van der Waals surface area contributed by atoms with E-state index in [2.05, 4.69) is 15.6 Å². The standard InChI is InChI=1S/C38H42N4O7S/c39-31-12-5-6-13-32(31)42-35(45)15-4-2-1-3-14-34(44)41-28-10-7-9-27(21-28)38-48-29(24-50-36-30(37(46)47)11-8-20-40-36)22-33(49-38)26-18-16-25(23-43)17-19-26/h5-13,16-21,29,33,38,43H,1-4,14-15,22-24,39H2,(H,41,44)(H,42,45)(H,46,47)/t29-,33+,38+/m0/s1. The van der Waals surface area contributed by atoms with E-state index in [4.69, 9.17) is 15.2 Å². The van der Waals surface area contributed by atoms with Crippen LogP contribution in [0.3, 0.4) is 0 Å². The highest BCUT2D eigenvalue weighted by molar-refractivity contribution is 7.99. The number of hydrogen-bond acceptors (Lipinski definition) is 9. The number of aromatic carboxylic acids is 1. The Morgan fingerprint density at radius 2 is 1.58 bits per heavy atom. The van der Waals surface area contributed by atoms with Gasteiger partial charge in [-0.2, -0.15) is 0 Å². The third-order valence-corrected chi connectivity index (χ3v) is 9.39. The smallest absolute Gasteiger partial charge is 0.338 e. The van der Waals surface area contributed by atoms with E-state index in [1.165, 1.54) is 17.8 Å². The lowest BCUT2D eigenvalue weighted by atomic mass is 10.0. The van der Waals surface area contributed by atoms with Crippen LogP contribution in [0.25, 0.3) is 0 Å². The van der Waals surface area contributed by atoms with Crippen molar-refractivity contribution in [3.8, 4) is 0 Å². The fourth-order valence-corrected chi connectivity index (χ4v) is 6.60. The number of nitrogen functional groups attached to an aromatic ring is 1. The van der Waals surface area contributed by atoms with Gasteiger partial charge in [0.15, 0.2) is 6.29 Å². The maximum Gasteiger partial charge on any atom is 0.338 e. The molecule has 0 radical (unpaired) electrons. The topological polar surface area (TPSA) is 173 Å². The number of amides is 2. The van der Waals surface area contributed by atoms with Crippen molar-refractivity contribution in [1.82, 2.24) is 4.98 Å². The Morgan fingerprint density at radius 3 is 2.30 bits per heavy atom. The van der Waals surface area contributed by atoms with Gasteiger partial charge in [-0.1, -0.05) is 61.4 Å². The largest absolute Gasteiger partial charge is 0.478 e. The average molecular weight is 699 g/mol. The fraction of sp³-hybridized carbons (Fsp3) is 0.316. The SMILES string of the molecule is Nc1ccccc1NC(=O)CCCCCCC(=O)Nc1cccc([C@@H]2O[C@H](CSc3ncccc3C(=O)O)C[C@H](c3ccc(CO)cc3)O2)c1. The predicted molar refractivity (Wildman–Crippen MR) is 193 cm³/mol. The van der Waals surface area contributed by atoms with E-state index in [-0.39, 0.29) is 36.2 Å². The number of thioether (sulfide) groups is 1. The summed E-state index contributed by atoms with van der Waals surface area (Å²) < 4.78 is 12.8. The molecule has 1 saturated heterocycles. The van der Waals surface area contributed by atoms with Crippen molar-refractivity contribution < 1.29 is 34.1 Å². The first-order valence-corrected chi connectivity index (χ1v) is 17.6. The minimum absolute atomic E-state index is 0.0600. The second kappa shape index (κ2) is 18.3. The molecule has 2 heterocycles. The van der Waals surface area contributed by atoms with Crippen molar-refractivity contribution in [3.63, 3.8) is 0 Å². The van der Waals surface area contributed by atoms with Crippen molar-refractivity contribution >= 4 is 46.6 Å². The van der Waals surface area contributed by atoms with Crippen LogP contribution >= 0.6 is 11.8 Å². The highest BCUT2D eigenvalue weighted by Crippen LogP contribution is 2.40. The molecule has 11 nitrogen and oxygen atoms in total. The number of aliphatic hydroxyl groups is 1. The molecule has 0 saturated carbocycles. The van der Waals surface area contributed by atoms with Crippen LogP contribution in [-0.2, 0) is 25.7 Å². The maximum absolute atomic E-state index is 12.8. The van der Waals surface area contributed by atoms with Crippen molar-refractivity contribution in [2.45, 2.75) is 75.1 Å². The molecular weight excluding hydrogens is 657 g/mol. The Labute approximate surface area is 295 Å². The summed E-state index contributed by atoms with van der Waals surface area (Å²) in [5, 5.41) is 25.3. The lowest BCUT2D eigenvalue weighted by molar-refractivity contribution is -0.245. The van der Waals surface area contributed by atoms with Crippen molar-refractivity contribution in [3.05, 3.63) is 113 Å². The number of unbranched alkanes of at least 4 members (excludes halogenated alkanes) is 3. The van der Waals surface area contributed by atoms with Gasteiger partial charge < -0.3 is 36.1 Å². The maximum atomic E-state index is 12.8. The van der Waals surface area contributed by atoms with Gasteiger partial charge >= 0.3 is 5.97 Å². The van der Waals surface area contributed by atoms with Gasteiger partial charge in [0, 0.05) is 42.5 Å². The van der Waals surface area contributed by atoms with Crippen LogP contribution in [0.5, 0.6) is 0 Å². The molecule has 0 bridgehead atoms. The van der Waals surface area contributed by atoms with Crippen LogP contribution < -0.4 is 16.4 Å². The van der Waals surface area contributed by atoms with E-state index >= 15 is 0 Å². The zero-order valence-corrected chi connectivity index (χ0v) is 28.4. The molecule has 4 aromatic rings. The number of nitrogens with zero attached hydrogens (tertiary/aromatic N) is 1. The lowest BCUT2D eigenvalue weighted by Gasteiger charge is -2.36. The van der Waals surface area contributed by atoms with Gasteiger partial charge in [-0.15, -0.1) is 11.8 Å². The number of para-hydroxylation sites is 2. The van der Waals surface area contributed by atoms with E-state index in [0.29, 0.717) is 53.5 Å². The van der Waals surface area contributed by atoms with Crippen LogP contribution in [0.15, 0.2) is 96.2 Å². The summed E-state index contributed by atoms with van der Waals surface area (Å²) in [6, 6.07) is 25.2. The summed E-state index contributed by atoms with van der Waals surface area (Å²) in [5.41, 5.74) is 10.2. The molecule has 1 aliphatic rings. The van der Waals surface area contributed by atoms with Crippen LogP contribution in [0.2, 0.25) is 0 Å². The lowest BCUT2D eigenvalue weighted by Crippen LogP contribution is -2.31. The van der Waals surface area contributed by atoms with E-state index in [1.807, 2.05) is 60.7 Å². The fourth-order valence-electron chi connectivity index (χ4n) is 5.60. The Balaban J connectivity index is 1.14. The molecule has 12 heteroatoms. The van der Waals surface area contributed by atoms with Crippen molar-refractivity contribution in [2.75, 3.05) is 22.1 Å². The van der Waals surface area contributed by atoms with Gasteiger partial charge in [-0.25, -0.2) is 9.78 Å². The van der Waals surface area contributed by atoms with Gasteiger partial charge in [0.05, 0.1) is 35.8 Å². The second-order valence-electron chi connectivity index (χ2n) is 12.0. The quantitative estimate of drug-likeness (QED) is 0.0461. The molecule has 0 aliphatic carbocycles. The molecule has 1 fully saturated rings. The van der Waals surface area contributed by atoms with E-state index in [0.717, 1.165) is 36.0 Å². The summed E-state index contributed by atoms with van der Waals surface area (Å²) in [7, 11) is 0. The molecular formula is C38H42N4O7S. The number of anilines is 3. The summed E-state index contributed by atoms with van der Waals surface area (Å²) >= 11 is 1.32. The molecule has 0 spiro atoms. The number of carboxylic acid groups (broad SMARTS) is 1. The Bertz CT molecular complexity index is 1750. The normalized spacial score (nSPS) is 17.2. The number of aromatic nitrogens is 1. The van der Waals surface area contributed by atoms with Crippen molar-refractivity contribution in [2.24, 2.45) is 0 Å². The number of rotatable bonds is 16.